The molecule has 0 spiro atoms. The molecule has 11 nitrogen and oxygen atoms in total. The summed E-state index contributed by atoms with van der Waals surface area (Å²) in [6, 6.07) is 38.3. The molecule has 0 aliphatic carbocycles. The number of methoxy groups -OCH3 is 1. The minimum absolute atomic E-state index is 0.137. The number of aliphatic hydroxyl groups is 1. The summed E-state index contributed by atoms with van der Waals surface area (Å²) in [5.41, 5.74) is 2.50. The highest BCUT2D eigenvalue weighted by molar-refractivity contribution is 6.06. The van der Waals surface area contributed by atoms with Crippen LogP contribution >= 0.6 is 0 Å². The zero-order valence-corrected chi connectivity index (χ0v) is 26.9. The largest absolute Gasteiger partial charge is 0.390 e. The van der Waals surface area contributed by atoms with Crippen molar-refractivity contribution in [2.24, 2.45) is 0 Å². The Morgan fingerprint density at radius 3 is 1.90 bits per heavy atom. The van der Waals surface area contributed by atoms with Gasteiger partial charge >= 0.3 is 0 Å². The van der Waals surface area contributed by atoms with Gasteiger partial charge in [-0.3, -0.25) is 9.36 Å². The van der Waals surface area contributed by atoms with Gasteiger partial charge in [0.25, 0.3) is 5.91 Å². The smallest absolute Gasteiger partial charge is 0.256 e. The fraction of sp³-hybridized carbons (Fsp3) is 0.211. The molecule has 2 aromatic heterocycles. The Labute approximate surface area is 283 Å². The molecule has 3 heterocycles. The standard InChI is InChI=1S/C38H35N5O6/c1-46-38(49-47-2,37(27-17-9-4-10-18-27,28-19-11-5-12-20-28)29-21-13-6-14-22-29)33-30(44)23-31(48-33)43-25-41-32-34(39-24-40-35(32)43)42-36(45)26-15-7-3-8-16-26/h3-22,24-25,30-31,33,44H,23H2,1-2H3,(H,39,40,42,45)/t30-,31+,33-,38-/m0/s1. The van der Waals surface area contributed by atoms with Crippen molar-refractivity contribution in [3.05, 3.63) is 156 Å². The monoisotopic (exact) mass is 657 g/mol. The van der Waals surface area contributed by atoms with Crippen molar-refractivity contribution in [2.75, 3.05) is 19.5 Å². The third kappa shape index (κ3) is 5.47. The van der Waals surface area contributed by atoms with E-state index < -0.39 is 29.6 Å². The van der Waals surface area contributed by atoms with E-state index in [4.69, 9.17) is 19.2 Å². The van der Waals surface area contributed by atoms with Gasteiger partial charge in [0.1, 0.15) is 24.1 Å². The highest BCUT2D eigenvalue weighted by atomic mass is 17.2. The summed E-state index contributed by atoms with van der Waals surface area (Å²) in [4.78, 5) is 38.1. The van der Waals surface area contributed by atoms with Gasteiger partial charge in [0.05, 0.1) is 19.5 Å². The van der Waals surface area contributed by atoms with Crippen molar-refractivity contribution >= 4 is 22.9 Å². The summed E-state index contributed by atoms with van der Waals surface area (Å²) >= 11 is 0. The number of aromatic nitrogens is 4. The number of carbonyl (C=O) groups excluding carboxylic acids is 1. The number of aliphatic hydroxyl groups excluding tert-OH is 1. The van der Waals surface area contributed by atoms with Gasteiger partial charge in [-0.2, -0.15) is 4.89 Å². The Kier molecular flexibility index (Phi) is 9.00. The predicted octanol–water partition coefficient (Wildman–Crippen LogP) is 5.68. The average molecular weight is 658 g/mol. The van der Waals surface area contributed by atoms with Crippen LogP contribution in [0.1, 0.15) is 39.7 Å². The number of ether oxygens (including phenoxy) is 2. The molecule has 1 fully saturated rings. The van der Waals surface area contributed by atoms with Crippen LogP contribution in [0, 0.1) is 0 Å². The van der Waals surface area contributed by atoms with E-state index in [-0.39, 0.29) is 18.1 Å². The molecule has 7 rings (SSSR count). The number of benzene rings is 4. The first-order chi connectivity index (χ1) is 24.0. The van der Waals surface area contributed by atoms with Crippen molar-refractivity contribution in [1.82, 2.24) is 19.5 Å². The summed E-state index contributed by atoms with van der Waals surface area (Å²) in [7, 11) is 2.93. The molecule has 1 aliphatic heterocycles. The van der Waals surface area contributed by atoms with Crippen molar-refractivity contribution in [3.63, 3.8) is 0 Å². The zero-order chi connectivity index (χ0) is 33.8. The van der Waals surface area contributed by atoms with Crippen molar-refractivity contribution in [1.29, 1.82) is 0 Å². The highest BCUT2D eigenvalue weighted by Crippen LogP contribution is 2.54. The molecule has 4 aromatic carbocycles. The molecular weight excluding hydrogens is 622 g/mol. The molecule has 0 radical (unpaired) electrons. The fourth-order valence-electron chi connectivity index (χ4n) is 7.01. The molecule has 1 saturated heterocycles. The molecule has 2 N–H and O–H groups in total. The van der Waals surface area contributed by atoms with Gasteiger partial charge in [-0.15, -0.1) is 0 Å². The molecule has 0 saturated carbocycles. The van der Waals surface area contributed by atoms with E-state index in [1.54, 1.807) is 35.2 Å². The Bertz CT molecular complexity index is 1920. The van der Waals surface area contributed by atoms with Crippen LogP contribution in [0.25, 0.3) is 11.2 Å². The molecule has 11 heteroatoms. The number of nitrogens with zero attached hydrogens (tertiary/aromatic N) is 4. The third-order valence-electron chi connectivity index (χ3n) is 9.06. The van der Waals surface area contributed by atoms with Crippen LogP contribution in [-0.2, 0) is 24.7 Å². The van der Waals surface area contributed by atoms with Crippen LogP contribution in [0.15, 0.2) is 134 Å². The number of carbonyl (C=O) groups is 1. The second-order valence-electron chi connectivity index (χ2n) is 11.7. The molecule has 0 unspecified atom stereocenters. The van der Waals surface area contributed by atoms with Gasteiger partial charge in [-0.05, 0) is 28.8 Å². The lowest BCUT2D eigenvalue weighted by Gasteiger charge is -2.51. The van der Waals surface area contributed by atoms with E-state index in [1.807, 2.05) is 97.1 Å². The molecule has 0 bridgehead atoms. The maximum atomic E-state index is 13.0. The average Bonchev–Trinajstić information content (AvgIpc) is 3.77. The molecule has 4 atom stereocenters. The number of rotatable bonds is 11. The van der Waals surface area contributed by atoms with E-state index in [1.165, 1.54) is 20.5 Å². The van der Waals surface area contributed by atoms with E-state index >= 15 is 0 Å². The van der Waals surface area contributed by atoms with Crippen LogP contribution in [0.2, 0.25) is 0 Å². The second kappa shape index (κ2) is 13.7. The molecule has 1 aliphatic rings. The number of nitrogens with one attached hydrogen (secondary N) is 1. The summed E-state index contributed by atoms with van der Waals surface area (Å²) in [5.74, 6) is -1.87. The lowest BCUT2D eigenvalue weighted by Crippen LogP contribution is -2.65. The van der Waals surface area contributed by atoms with Gasteiger partial charge in [0.15, 0.2) is 17.0 Å². The molecule has 1 amide bonds. The van der Waals surface area contributed by atoms with Gasteiger partial charge in [0, 0.05) is 19.1 Å². The Morgan fingerprint density at radius 1 is 0.816 bits per heavy atom. The van der Waals surface area contributed by atoms with Crippen LogP contribution in [-0.4, -0.2) is 62.7 Å². The van der Waals surface area contributed by atoms with Gasteiger partial charge < -0.3 is 19.9 Å². The summed E-state index contributed by atoms with van der Waals surface area (Å²) in [5, 5.41) is 14.8. The van der Waals surface area contributed by atoms with Crippen molar-refractivity contribution < 1.29 is 29.1 Å². The van der Waals surface area contributed by atoms with E-state index in [0.29, 0.717) is 16.7 Å². The number of hydrogen-bond acceptors (Lipinski definition) is 9. The van der Waals surface area contributed by atoms with Crippen LogP contribution in [0.5, 0.6) is 0 Å². The normalized spacial score (nSPS) is 19.0. The zero-order valence-electron chi connectivity index (χ0n) is 26.9. The second-order valence-corrected chi connectivity index (χ2v) is 11.7. The Hall–Kier alpha value is -5.30. The lowest BCUT2D eigenvalue weighted by atomic mass is 9.61. The molecule has 6 aromatic rings. The highest BCUT2D eigenvalue weighted by Gasteiger charge is 2.66. The van der Waals surface area contributed by atoms with E-state index in [2.05, 4.69) is 20.3 Å². The van der Waals surface area contributed by atoms with Gasteiger partial charge in [0.2, 0.25) is 5.79 Å². The number of anilines is 1. The van der Waals surface area contributed by atoms with Crippen LogP contribution in [0.3, 0.4) is 0 Å². The van der Waals surface area contributed by atoms with Crippen LogP contribution in [0.4, 0.5) is 5.82 Å². The molecule has 248 valence electrons. The maximum Gasteiger partial charge on any atom is 0.256 e. The number of imidazole rings is 1. The summed E-state index contributed by atoms with van der Waals surface area (Å²) in [6.07, 6.45) is 0.0718. The van der Waals surface area contributed by atoms with Gasteiger partial charge in [-0.1, -0.05) is 109 Å². The summed E-state index contributed by atoms with van der Waals surface area (Å²) in [6.45, 7) is 0. The lowest BCUT2D eigenvalue weighted by molar-refractivity contribution is -0.452. The number of amides is 1. The quantitative estimate of drug-likeness (QED) is 0.0782. The van der Waals surface area contributed by atoms with E-state index in [9.17, 15) is 9.90 Å². The first kappa shape index (κ1) is 32.3. The third-order valence-corrected chi connectivity index (χ3v) is 9.06. The Balaban J connectivity index is 1.34. The topological polar surface area (TPSA) is 130 Å². The number of fused-ring (bicyclic) bond motifs is 1. The first-order valence-electron chi connectivity index (χ1n) is 15.8. The molecular formula is C38H35N5O6. The number of hydrogen-bond donors (Lipinski definition) is 2. The summed E-state index contributed by atoms with van der Waals surface area (Å²) < 4.78 is 15.0. The first-order valence-corrected chi connectivity index (χ1v) is 15.8. The van der Waals surface area contributed by atoms with E-state index in [0.717, 1.165) is 16.7 Å². The van der Waals surface area contributed by atoms with Gasteiger partial charge in [-0.25, -0.2) is 19.8 Å². The predicted molar refractivity (Wildman–Crippen MR) is 181 cm³/mol. The van der Waals surface area contributed by atoms with Crippen molar-refractivity contribution in [3.8, 4) is 0 Å². The molecule has 49 heavy (non-hydrogen) atoms. The fourth-order valence-corrected chi connectivity index (χ4v) is 7.01. The minimum Gasteiger partial charge on any atom is -0.390 e. The van der Waals surface area contributed by atoms with Crippen molar-refractivity contribution in [2.45, 2.75) is 36.1 Å². The SMILES string of the molecule is COO[C@@](OC)([C@H]1O[C@@H](n2cnc3c(NC(=O)c4ccccc4)ncnc32)C[C@@H]1O)C(c1ccccc1)(c1ccccc1)c1ccccc1. The van der Waals surface area contributed by atoms with Crippen LogP contribution < -0.4 is 5.32 Å². The Morgan fingerprint density at radius 2 is 1.37 bits per heavy atom. The minimum atomic E-state index is -1.79. The maximum absolute atomic E-state index is 13.0.